The van der Waals surface area contributed by atoms with Gasteiger partial charge in [0.15, 0.2) is 0 Å². The Morgan fingerprint density at radius 1 is 1.16 bits per heavy atom. The van der Waals surface area contributed by atoms with Crippen molar-refractivity contribution in [2.24, 2.45) is 0 Å². The first kappa shape index (κ1) is 15.7. The molecule has 0 spiro atoms. The average Bonchev–Trinajstić information content (AvgIpc) is 2.81. The molecule has 25 heavy (non-hydrogen) atoms. The number of nitrogens with one attached hydrogen (secondary N) is 1. The number of benzene rings is 2. The van der Waals surface area contributed by atoms with Crippen LogP contribution in [0, 0.1) is 0 Å². The summed E-state index contributed by atoms with van der Waals surface area (Å²) in [5, 5.41) is 2.86. The first-order chi connectivity index (χ1) is 12.0. The van der Waals surface area contributed by atoms with Crippen molar-refractivity contribution in [3.05, 3.63) is 53.6 Å². The molecule has 2 amide bonds. The molecule has 5 nitrogen and oxygen atoms in total. The van der Waals surface area contributed by atoms with Crippen molar-refractivity contribution < 1.29 is 14.3 Å². The second-order valence-corrected chi connectivity index (χ2v) is 7.13. The van der Waals surface area contributed by atoms with Gasteiger partial charge < -0.3 is 15.0 Å². The van der Waals surface area contributed by atoms with Crippen LogP contribution in [0.4, 0.5) is 11.4 Å². The maximum absolute atomic E-state index is 13.3. The van der Waals surface area contributed by atoms with Gasteiger partial charge in [-0.3, -0.25) is 9.59 Å². The Kier molecular flexibility index (Phi) is 3.53. The number of hydrogen-bond acceptors (Lipinski definition) is 3. The molecule has 2 aliphatic rings. The number of carbonyl (C=O) groups is 2. The summed E-state index contributed by atoms with van der Waals surface area (Å²) in [6.45, 7) is 5.12. The van der Waals surface area contributed by atoms with Gasteiger partial charge in [-0.05, 0) is 18.2 Å². The lowest BCUT2D eigenvalue weighted by Crippen LogP contribution is -2.32. The summed E-state index contributed by atoms with van der Waals surface area (Å²) in [7, 11) is 0. The largest absolute Gasteiger partial charge is 0.492 e. The van der Waals surface area contributed by atoms with Crippen LogP contribution in [0.2, 0.25) is 0 Å². The number of anilines is 2. The normalized spacial score (nSPS) is 17.8. The third kappa shape index (κ3) is 2.56. The van der Waals surface area contributed by atoms with Gasteiger partial charge in [0.05, 0.1) is 23.5 Å². The molecule has 0 unspecified atom stereocenters. The molecule has 0 bridgehead atoms. The summed E-state index contributed by atoms with van der Waals surface area (Å²) in [4.78, 5) is 26.9. The van der Waals surface area contributed by atoms with E-state index in [-0.39, 0.29) is 23.7 Å². The molecular formula is C20H20N2O3. The predicted molar refractivity (Wildman–Crippen MR) is 96.3 cm³/mol. The molecule has 2 aromatic rings. The third-order valence-corrected chi connectivity index (χ3v) is 4.83. The standard InChI is InChI=1S/C20H20N2O3/c1-20(2)12-25-18-13(6-5-7-14(18)20)19(24)22-11-10-17(23)21-15-8-3-4-9-16(15)22/h3-9H,10-12H2,1-2H3,(H,21,23). The number of nitrogens with zero attached hydrogens (tertiary/aromatic N) is 1. The fourth-order valence-corrected chi connectivity index (χ4v) is 3.44. The fourth-order valence-electron chi connectivity index (χ4n) is 3.44. The molecular weight excluding hydrogens is 316 g/mol. The van der Waals surface area contributed by atoms with Crippen molar-refractivity contribution in [3.63, 3.8) is 0 Å². The van der Waals surface area contributed by atoms with Crippen LogP contribution in [0.25, 0.3) is 0 Å². The molecule has 0 fully saturated rings. The maximum atomic E-state index is 13.3. The Labute approximate surface area is 146 Å². The summed E-state index contributed by atoms with van der Waals surface area (Å²) in [5.74, 6) is 0.440. The summed E-state index contributed by atoms with van der Waals surface area (Å²) in [6, 6.07) is 13.1. The highest BCUT2D eigenvalue weighted by atomic mass is 16.5. The van der Waals surface area contributed by atoms with Gasteiger partial charge in [0.1, 0.15) is 5.75 Å². The summed E-state index contributed by atoms with van der Waals surface area (Å²) in [5.41, 5.74) is 2.86. The molecule has 4 rings (SSSR count). The van der Waals surface area contributed by atoms with E-state index in [2.05, 4.69) is 19.2 Å². The second kappa shape index (κ2) is 5.62. The van der Waals surface area contributed by atoms with Crippen LogP contribution in [0.5, 0.6) is 5.75 Å². The van der Waals surface area contributed by atoms with Crippen molar-refractivity contribution in [1.82, 2.24) is 0 Å². The minimum atomic E-state index is -0.140. The number of para-hydroxylation sites is 3. The number of amides is 2. The molecule has 0 aliphatic carbocycles. The van der Waals surface area contributed by atoms with Gasteiger partial charge in [0, 0.05) is 23.9 Å². The highest BCUT2D eigenvalue weighted by molar-refractivity contribution is 6.12. The third-order valence-electron chi connectivity index (χ3n) is 4.83. The molecule has 128 valence electrons. The van der Waals surface area contributed by atoms with Crippen molar-refractivity contribution >= 4 is 23.2 Å². The van der Waals surface area contributed by atoms with Crippen LogP contribution in [-0.4, -0.2) is 25.0 Å². The number of ether oxygens (including phenoxy) is 1. The topological polar surface area (TPSA) is 58.6 Å². The molecule has 0 radical (unpaired) electrons. The Morgan fingerprint density at radius 2 is 1.96 bits per heavy atom. The van der Waals surface area contributed by atoms with E-state index in [1.165, 1.54) is 0 Å². The van der Waals surface area contributed by atoms with Crippen LogP contribution < -0.4 is 15.0 Å². The number of rotatable bonds is 1. The van der Waals surface area contributed by atoms with Crippen LogP contribution in [-0.2, 0) is 10.2 Å². The first-order valence-electron chi connectivity index (χ1n) is 8.44. The zero-order chi connectivity index (χ0) is 17.6. The van der Waals surface area contributed by atoms with Crippen molar-refractivity contribution in [1.29, 1.82) is 0 Å². The number of fused-ring (bicyclic) bond motifs is 2. The van der Waals surface area contributed by atoms with E-state index in [0.29, 0.717) is 35.8 Å². The van der Waals surface area contributed by atoms with Crippen LogP contribution >= 0.6 is 0 Å². The molecule has 2 aliphatic heterocycles. The van der Waals surface area contributed by atoms with Crippen molar-refractivity contribution in [2.45, 2.75) is 25.7 Å². The van der Waals surface area contributed by atoms with E-state index < -0.39 is 0 Å². The Bertz CT molecular complexity index is 873. The molecule has 0 saturated carbocycles. The lowest BCUT2D eigenvalue weighted by atomic mass is 9.86. The molecule has 2 heterocycles. The van der Waals surface area contributed by atoms with E-state index in [1.807, 2.05) is 36.4 Å². The van der Waals surface area contributed by atoms with Crippen molar-refractivity contribution in [3.8, 4) is 5.75 Å². The van der Waals surface area contributed by atoms with Gasteiger partial charge in [-0.15, -0.1) is 0 Å². The number of hydrogen-bond donors (Lipinski definition) is 1. The highest BCUT2D eigenvalue weighted by Crippen LogP contribution is 2.41. The lowest BCUT2D eigenvalue weighted by Gasteiger charge is -2.23. The van der Waals surface area contributed by atoms with Gasteiger partial charge in [-0.25, -0.2) is 0 Å². The summed E-state index contributed by atoms with van der Waals surface area (Å²) < 4.78 is 5.87. The molecule has 1 N–H and O–H groups in total. The Morgan fingerprint density at radius 3 is 2.80 bits per heavy atom. The molecule has 0 saturated heterocycles. The maximum Gasteiger partial charge on any atom is 0.262 e. The van der Waals surface area contributed by atoms with Gasteiger partial charge in [0.25, 0.3) is 5.91 Å². The van der Waals surface area contributed by atoms with Gasteiger partial charge in [-0.2, -0.15) is 0 Å². The van der Waals surface area contributed by atoms with E-state index in [4.69, 9.17) is 4.74 Å². The highest BCUT2D eigenvalue weighted by Gasteiger charge is 2.36. The quantitative estimate of drug-likeness (QED) is 0.869. The number of carbonyl (C=O) groups excluding carboxylic acids is 2. The molecule has 0 atom stereocenters. The van der Waals surface area contributed by atoms with Gasteiger partial charge >= 0.3 is 0 Å². The predicted octanol–water partition coefficient (Wildman–Crippen LogP) is 3.35. The summed E-state index contributed by atoms with van der Waals surface area (Å²) in [6.07, 6.45) is 0.266. The van der Waals surface area contributed by atoms with Crippen molar-refractivity contribution in [2.75, 3.05) is 23.4 Å². The van der Waals surface area contributed by atoms with E-state index >= 15 is 0 Å². The zero-order valence-corrected chi connectivity index (χ0v) is 14.3. The van der Waals surface area contributed by atoms with Crippen LogP contribution in [0.1, 0.15) is 36.2 Å². The Balaban J connectivity index is 1.78. The van der Waals surface area contributed by atoms with Crippen LogP contribution in [0.15, 0.2) is 42.5 Å². The SMILES string of the molecule is CC1(C)COc2c(C(=O)N3CCC(=O)Nc4ccccc43)cccc21. The lowest BCUT2D eigenvalue weighted by molar-refractivity contribution is -0.115. The smallest absolute Gasteiger partial charge is 0.262 e. The zero-order valence-electron chi connectivity index (χ0n) is 14.3. The van der Waals surface area contributed by atoms with E-state index in [1.54, 1.807) is 11.0 Å². The van der Waals surface area contributed by atoms with E-state index in [9.17, 15) is 9.59 Å². The molecule has 2 aromatic carbocycles. The average molecular weight is 336 g/mol. The minimum Gasteiger partial charge on any atom is -0.492 e. The monoisotopic (exact) mass is 336 g/mol. The minimum absolute atomic E-state index is 0.0848. The summed E-state index contributed by atoms with van der Waals surface area (Å²) >= 11 is 0. The fraction of sp³-hybridized carbons (Fsp3) is 0.300. The van der Waals surface area contributed by atoms with Gasteiger partial charge in [0.2, 0.25) is 5.91 Å². The molecule has 5 heteroatoms. The van der Waals surface area contributed by atoms with Crippen LogP contribution in [0.3, 0.4) is 0 Å². The molecule has 0 aromatic heterocycles. The van der Waals surface area contributed by atoms with Gasteiger partial charge in [-0.1, -0.05) is 38.1 Å². The first-order valence-corrected chi connectivity index (χ1v) is 8.44. The van der Waals surface area contributed by atoms with E-state index in [0.717, 1.165) is 5.56 Å². The Hall–Kier alpha value is -2.82. The second-order valence-electron chi connectivity index (χ2n) is 7.13.